The summed E-state index contributed by atoms with van der Waals surface area (Å²) in [4.78, 5) is 39.1. The summed E-state index contributed by atoms with van der Waals surface area (Å²) in [5.74, 6) is 0.0253. The van der Waals surface area contributed by atoms with Crippen molar-refractivity contribution in [2.45, 2.75) is 44.6 Å². The van der Waals surface area contributed by atoms with Crippen molar-refractivity contribution in [3.63, 3.8) is 0 Å². The fourth-order valence-corrected chi connectivity index (χ4v) is 4.76. The molecule has 0 saturated heterocycles. The summed E-state index contributed by atoms with van der Waals surface area (Å²) in [6.07, 6.45) is 7.65. The van der Waals surface area contributed by atoms with Crippen molar-refractivity contribution >= 4 is 29.3 Å². The number of unbranched alkanes of at least 4 members (excludes halogenated alkanes) is 1. The van der Waals surface area contributed by atoms with Crippen molar-refractivity contribution in [2.75, 3.05) is 38.1 Å². The number of hydrogen-bond donors (Lipinski definition) is 3. The van der Waals surface area contributed by atoms with Gasteiger partial charge in [-0.3, -0.25) is 9.69 Å². The van der Waals surface area contributed by atoms with E-state index in [-0.39, 0.29) is 17.1 Å². The van der Waals surface area contributed by atoms with Crippen LogP contribution in [0.25, 0.3) is 0 Å². The van der Waals surface area contributed by atoms with Gasteiger partial charge in [-0.25, -0.2) is 19.7 Å². The van der Waals surface area contributed by atoms with Gasteiger partial charge in [-0.2, -0.15) is 0 Å². The largest absolute Gasteiger partial charge is 0.492 e. The normalized spacial score (nSPS) is 13.2. The van der Waals surface area contributed by atoms with Crippen molar-refractivity contribution in [1.29, 1.82) is 0 Å². The Balaban J connectivity index is 1.30. The van der Waals surface area contributed by atoms with Crippen LogP contribution in [0.4, 0.5) is 5.82 Å². The lowest BCUT2D eigenvalue weighted by atomic mass is 10.1. The van der Waals surface area contributed by atoms with E-state index in [1.54, 1.807) is 0 Å². The third-order valence-electron chi connectivity index (χ3n) is 6.75. The molecule has 0 fully saturated rings. The van der Waals surface area contributed by atoms with Gasteiger partial charge in [0, 0.05) is 31.5 Å². The van der Waals surface area contributed by atoms with Gasteiger partial charge >= 0.3 is 5.97 Å². The van der Waals surface area contributed by atoms with Gasteiger partial charge in [0.1, 0.15) is 36.2 Å². The van der Waals surface area contributed by atoms with Gasteiger partial charge in [-0.15, -0.1) is 0 Å². The minimum atomic E-state index is -1.12. The number of halogens is 1. The monoisotopic (exact) mass is 566 g/mol. The second-order valence-corrected chi connectivity index (χ2v) is 10.1. The highest BCUT2D eigenvalue weighted by molar-refractivity contribution is 6.33. The second kappa shape index (κ2) is 15.1. The average molecular weight is 567 g/mol. The highest BCUT2D eigenvalue weighted by atomic mass is 35.5. The molecule has 0 saturated carbocycles. The van der Waals surface area contributed by atoms with Crippen molar-refractivity contribution in [2.24, 2.45) is 0 Å². The van der Waals surface area contributed by atoms with Crippen molar-refractivity contribution < 1.29 is 19.4 Å². The van der Waals surface area contributed by atoms with E-state index in [9.17, 15) is 14.7 Å². The van der Waals surface area contributed by atoms with Crippen LogP contribution < -0.4 is 15.4 Å². The maximum absolute atomic E-state index is 12.6. The van der Waals surface area contributed by atoms with Gasteiger partial charge in [0.2, 0.25) is 0 Å². The fourth-order valence-electron chi connectivity index (χ4n) is 4.57. The number of carboxylic acid groups (broad SMARTS) is 1. The average Bonchev–Trinajstić information content (AvgIpc) is 2.97. The quantitative estimate of drug-likeness (QED) is 0.235. The third kappa shape index (κ3) is 8.89. The van der Waals surface area contributed by atoms with Gasteiger partial charge in [-0.1, -0.05) is 35.9 Å². The first-order valence-electron chi connectivity index (χ1n) is 13.6. The van der Waals surface area contributed by atoms with Crippen LogP contribution in [0.2, 0.25) is 5.02 Å². The molecule has 1 atom stereocenters. The summed E-state index contributed by atoms with van der Waals surface area (Å²) in [7, 11) is 0. The summed E-state index contributed by atoms with van der Waals surface area (Å²) >= 11 is 6.00. The van der Waals surface area contributed by atoms with Crippen LogP contribution in [-0.4, -0.2) is 75.7 Å². The number of rotatable bonds is 15. The third-order valence-corrected chi connectivity index (χ3v) is 7.03. The first-order chi connectivity index (χ1) is 19.5. The van der Waals surface area contributed by atoms with E-state index in [1.807, 2.05) is 30.3 Å². The van der Waals surface area contributed by atoms with E-state index >= 15 is 0 Å². The SMILES string of the molecule is O=C(N[C@@H](CCN(CCCCc1ccc2c(n1)NCCC2)CCOc1ccccc1)C(=O)O)c1ncncc1Cl. The number of ether oxygens (including phenoxy) is 1. The van der Waals surface area contributed by atoms with E-state index in [2.05, 4.69) is 37.6 Å². The Labute approximate surface area is 239 Å². The molecule has 3 aromatic rings. The molecule has 10 nitrogen and oxygen atoms in total. The number of carboxylic acids is 1. The van der Waals surface area contributed by atoms with Crippen LogP contribution in [0.5, 0.6) is 5.75 Å². The summed E-state index contributed by atoms with van der Waals surface area (Å²) < 4.78 is 5.88. The van der Waals surface area contributed by atoms with Crippen LogP contribution >= 0.6 is 11.6 Å². The highest BCUT2D eigenvalue weighted by Crippen LogP contribution is 2.20. The molecule has 0 radical (unpaired) electrons. The Morgan fingerprint density at radius 1 is 1.12 bits per heavy atom. The molecule has 1 amide bonds. The number of benzene rings is 1. The van der Waals surface area contributed by atoms with Crippen molar-refractivity contribution in [3.05, 3.63) is 77.0 Å². The van der Waals surface area contributed by atoms with Gasteiger partial charge in [0.05, 0.1) is 5.02 Å². The van der Waals surface area contributed by atoms with Gasteiger partial charge in [0.25, 0.3) is 5.91 Å². The molecule has 1 aliphatic heterocycles. The number of aliphatic carboxylic acids is 1. The number of nitrogens with zero attached hydrogens (tertiary/aromatic N) is 4. The van der Waals surface area contributed by atoms with Crippen molar-refractivity contribution in [1.82, 2.24) is 25.2 Å². The molecule has 0 bridgehead atoms. The minimum Gasteiger partial charge on any atom is -0.492 e. The number of amides is 1. The minimum absolute atomic E-state index is 0.0537. The Morgan fingerprint density at radius 3 is 2.77 bits per heavy atom. The molecule has 2 aromatic heterocycles. The molecular formula is C29H35ClN6O4. The molecule has 40 heavy (non-hydrogen) atoms. The number of fused-ring (bicyclic) bond motifs is 1. The number of carbonyl (C=O) groups excluding carboxylic acids is 1. The molecule has 3 heterocycles. The lowest BCUT2D eigenvalue weighted by molar-refractivity contribution is -0.139. The molecule has 1 aromatic carbocycles. The first kappa shape index (κ1) is 29.2. The van der Waals surface area contributed by atoms with Crippen molar-refractivity contribution in [3.8, 4) is 5.75 Å². The number of para-hydroxylation sites is 1. The molecule has 3 N–H and O–H groups in total. The molecule has 4 rings (SSSR count). The standard InChI is InChI=1S/C29H35ClN6O4/c30-24-19-31-20-33-26(24)28(37)35-25(29(38)39)13-16-36(17-18-40-23-9-2-1-3-10-23)15-5-4-8-22-12-11-21-7-6-14-32-27(21)34-22/h1-3,9-12,19-20,25H,4-8,13-18H2,(H,32,34)(H,35,37)(H,38,39)/t25-/m0/s1. The van der Waals surface area contributed by atoms with Crippen LogP contribution in [0, 0.1) is 0 Å². The van der Waals surface area contributed by atoms with Crippen LogP contribution in [0.1, 0.15) is 47.4 Å². The molecule has 0 spiro atoms. The summed E-state index contributed by atoms with van der Waals surface area (Å²) in [5, 5.41) is 15.8. The number of pyridine rings is 1. The lowest BCUT2D eigenvalue weighted by Crippen LogP contribution is -2.44. The second-order valence-electron chi connectivity index (χ2n) is 9.67. The van der Waals surface area contributed by atoms with Crippen LogP contribution in [0.15, 0.2) is 55.0 Å². The summed E-state index contributed by atoms with van der Waals surface area (Å²) in [6, 6.07) is 12.8. The van der Waals surface area contributed by atoms with E-state index in [1.165, 1.54) is 18.1 Å². The molecule has 0 aliphatic carbocycles. The summed E-state index contributed by atoms with van der Waals surface area (Å²) in [5.41, 5.74) is 2.30. The first-order valence-corrected chi connectivity index (χ1v) is 14.0. The predicted molar refractivity (Wildman–Crippen MR) is 153 cm³/mol. The van der Waals surface area contributed by atoms with E-state index in [4.69, 9.17) is 21.3 Å². The van der Waals surface area contributed by atoms with Gasteiger partial charge in [-0.05, 0) is 68.8 Å². The molecule has 11 heteroatoms. The number of carbonyl (C=O) groups is 2. The molecule has 1 aliphatic rings. The lowest BCUT2D eigenvalue weighted by Gasteiger charge is -2.24. The molecule has 0 unspecified atom stereocenters. The topological polar surface area (TPSA) is 130 Å². The highest BCUT2D eigenvalue weighted by Gasteiger charge is 2.23. The van der Waals surface area contributed by atoms with E-state index in [0.717, 1.165) is 62.5 Å². The Hall–Kier alpha value is -3.76. The maximum Gasteiger partial charge on any atom is 0.326 e. The number of hydrogen-bond acceptors (Lipinski definition) is 8. The number of anilines is 1. The van der Waals surface area contributed by atoms with Gasteiger partial charge in [0.15, 0.2) is 0 Å². The summed E-state index contributed by atoms with van der Waals surface area (Å²) in [6.45, 7) is 3.28. The maximum atomic E-state index is 12.6. The smallest absolute Gasteiger partial charge is 0.326 e. The zero-order valence-electron chi connectivity index (χ0n) is 22.4. The molecular weight excluding hydrogens is 532 g/mol. The Bertz CT molecular complexity index is 1260. The van der Waals surface area contributed by atoms with E-state index in [0.29, 0.717) is 19.7 Å². The Kier molecular flexibility index (Phi) is 11.1. The van der Waals surface area contributed by atoms with E-state index < -0.39 is 17.9 Å². The fraction of sp³-hybridized carbons (Fsp3) is 0.414. The predicted octanol–water partition coefficient (Wildman–Crippen LogP) is 3.86. The van der Waals surface area contributed by atoms with Crippen LogP contribution in [-0.2, 0) is 17.6 Å². The van der Waals surface area contributed by atoms with Gasteiger partial charge < -0.3 is 20.5 Å². The number of aryl methyl sites for hydroxylation is 2. The zero-order chi connectivity index (χ0) is 28.2. The number of aromatic nitrogens is 3. The number of nitrogens with one attached hydrogen (secondary N) is 2. The Morgan fingerprint density at radius 2 is 1.98 bits per heavy atom. The zero-order valence-corrected chi connectivity index (χ0v) is 23.1. The molecule has 212 valence electrons. The van der Waals surface area contributed by atoms with Crippen LogP contribution in [0.3, 0.4) is 0 Å².